The fraction of sp³-hybridized carbons (Fsp3) is 0.486. The molecule has 3 heterocycles. The van der Waals surface area contributed by atoms with Gasteiger partial charge < -0.3 is 29.1 Å². The molecule has 3 amide bonds. The molecule has 4 aromatic rings. The number of aromatic nitrogens is 3. The monoisotopic (exact) mass is 670 g/mol. The van der Waals surface area contributed by atoms with Gasteiger partial charge in [0.05, 0.1) is 23.8 Å². The molecule has 2 aromatic heterocycles. The molecular weight excluding hydrogens is 624 g/mol. The Hall–Kier alpha value is -4.87. The van der Waals surface area contributed by atoms with Crippen LogP contribution in [0.2, 0.25) is 0 Å². The summed E-state index contributed by atoms with van der Waals surface area (Å²) in [6.07, 6.45) is 4.13. The van der Waals surface area contributed by atoms with Gasteiger partial charge in [0.2, 0.25) is 5.89 Å². The van der Waals surface area contributed by atoms with E-state index in [1.807, 2.05) is 71.9 Å². The average molecular weight is 671 g/mol. The molecule has 1 aliphatic heterocycles. The topological polar surface area (TPSA) is 143 Å². The number of nitrogens with zero attached hydrogens (tertiary/aromatic N) is 4. The number of hydrogen-bond acceptors (Lipinski definition) is 8. The highest BCUT2D eigenvalue weighted by atomic mass is 16.6. The van der Waals surface area contributed by atoms with E-state index in [2.05, 4.69) is 22.2 Å². The lowest BCUT2D eigenvalue weighted by Crippen LogP contribution is -2.49. The molecule has 49 heavy (non-hydrogen) atoms. The molecular formula is C37H46N6O6. The lowest BCUT2D eigenvalue weighted by atomic mass is 10.1. The Morgan fingerprint density at radius 2 is 1.76 bits per heavy atom. The molecule has 12 heteroatoms. The van der Waals surface area contributed by atoms with Gasteiger partial charge in [0.25, 0.3) is 5.91 Å². The third kappa shape index (κ3) is 7.42. The van der Waals surface area contributed by atoms with Gasteiger partial charge in [0.1, 0.15) is 22.6 Å². The summed E-state index contributed by atoms with van der Waals surface area (Å²) in [6, 6.07) is 13.1. The Balaban J connectivity index is 1.11. The van der Waals surface area contributed by atoms with Crippen molar-refractivity contribution in [3.8, 4) is 22.8 Å². The van der Waals surface area contributed by atoms with Crippen molar-refractivity contribution in [1.29, 1.82) is 0 Å². The number of ether oxygens (including phenoxy) is 2. The molecule has 1 saturated heterocycles. The van der Waals surface area contributed by atoms with E-state index in [0.717, 1.165) is 41.4 Å². The average Bonchev–Trinajstić information content (AvgIpc) is 3.36. The number of nitrogens with one attached hydrogen (secondary N) is 2. The van der Waals surface area contributed by atoms with Gasteiger partial charge in [-0.25, -0.2) is 19.6 Å². The van der Waals surface area contributed by atoms with E-state index in [1.54, 1.807) is 28.1 Å². The summed E-state index contributed by atoms with van der Waals surface area (Å²) in [7, 11) is 0. The Morgan fingerprint density at radius 1 is 1.04 bits per heavy atom. The highest BCUT2D eigenvalue weighted by Crippen LogP contribution is 2.56. The standard InChI is InChI=1S/C37H46N6O6/c1-8-9-17-42(33(45)48-35(2,3)4)22-30-40-27-15-12-24(19-28(27)41-30)29-21-38-31(47-29)23-10-13-26(14-11-23)39-32(44)37-20-25(37)16-18-43(37)34(46)49-36(5,6)7/h10-15,19,21,25H,8-9,16-18,20,22H2,1-7H3,(H,39,44)(H,40,41)/t25-,37?/m0/s1. The summed E-state index contributed by atoms with van der Waals surface area (Å²) in [6.45, 7) is 14.5. The van der Waals surface area contributed by atoms with Crippen LogP contribution in [0.5, 0.6) is 0 Å². The van der Waals surface area contributed by atoms with Crippen molar-refractivity contribution >= 4 is 34.8 Å². The number of oxazole rings is 1. The number of rotatable bonds is 9. The van der Waals surface area contributed by atoms with Crippen LogP contribution < -0.4 is 5.32 Å². The van der Waals surface area contributed by atoms with Crippen LogP contribution in [0.15, 0.2) is 53.1 Å². The van der Waals surface area contributed by atoms with Crippen molar-refractivity contribution in [1.82, 2.24) is 24.8 Å². The van der Waals surface area contributed by atoms with Gasteiger partial charge in [-0.15, -0.1) is 0 Å². The third-order valence-corrected chi connectivity index (χ3v) is 8.75. The molecule has 0 radical (unpaired) electrons. The second-order valence-corrected chi connectivity index (χ2v) is 15.0. The third-order valence-electron chi connectivity index (χ3n) is 8.75. The Morgan fingerprint density at radius 3 is 2.43 bits per heavy atom. The Labute approximate surface area is 286 Å². The van der Waals surface area contributed by atoms with Crippen LogP contribution in [0.3, 0.4) is 0 Å². The number of carbonyl (C=O) groups excluding carboxylic acids is 3. The number of H-pyrrole nitrogens is 1. The van der Waals surface area contributed by atoms with Crippen molar-refractivity contribution in [2.24, 2.45) is 5.92 Å². The maximum Gasteiger partial charge on any atom is 0.411 e. The number of anilines is 1. The summed E-state index contributed by atoms with van der Waals surface area (Å²) in [5.74, 6) is 1.65. The zero-order valence-electron chi connectivity index (χ0n) is 29.4. The predicted molar refractivity (Wildman–Crippen MR) is 186 cm³/mol. The van der Waals surface area contributed by atoms with E-state index in [-0.39, 0.29) is 17.9 Å². The molecule has 1 saturated carbocycles. The zero-order chi connectivity index (χ0) is 35.1. The first-order valence-electron chi connectivity index (χ1n) is 17.0. The number of fused-ring (bicyclic) bond motifs is 2. The highest BCUT2D eigenvalue weighted by molar-refractivity contribution is 6.03. The highest BCUT2D eigenvalue weighted by Gasteiger charge is 2.69. The van der Waals surface area contributed by atoms with Crippen molar-refractivity contribution in [3.05, 3.63) is 54.5 Å². The lowest BCUT2D eigenvalue weighted by molar-refractivity contribution is -0.122. The van der Waals surface area contributed by atoms with Gasteiger partial charge in [-0.05, 0) is 109 Å². The van der Waals surface area contributed by atoms with E-state index < -0.39 is 22.8 Å². The van der Waals surface area contributed by atoms with Gasteiger partial charge >= 0.3 is 12.2 Å². The van der Waals surface area contributed by atoms with Gasteiger partial charge in [-0.1, -0.05) is 13.3 Å². The van der Waals surface area contributed by atoms with Gasteiger partial charge in [-0.2, -0.15) is 0 Å². The molecule has 2 aliphatic rings. The van der Waals surface area contributed by atoms with Crippen molar-refractivity contribution in [2.75, 3.05) is 18.4 Å². The summed E-state index contributed by atoms with van der Waals surface area (Å²) < 4.78 is 17.3. The maximum atomic E-state index is 13.4. The summed E-state index contributed by atoms with van der Waals surface area (Å²) in [5.41, 5.74) is 1.73. The van der Waals surface area contributed by atoms with Gasteiger partial charge in [-0.3, -0.25) is 9.69 Å². The van der Waals surface area contributed by atoms with Crippen LogP contribution >= 0.6 is 0 Å². The fourth-order valence-corrected chi connectivity index (χ4v) is 6.30. The number of amides is 3. The van der Waals surface area contributed by atoms with E-state index >= 15 is 0 Å². The Bertz CT molecular complexity index is 1850. The van der Waals surface area contributed by atoms with Crippen LogP contribution in [0.1, 0.15) is 80.0 Å². The second-order valence-electron chi connectivity index (χ2n) is 15.0. The smallest absolute Gasteiger partial charge is 0.411 e. The second kappa shape index (κ2) is 12.9. The molecule has 2 fully saturated rings. The minimum Gasteiger partial charge on any atom is -0.444 e. The van der Waals surface area contributed by atoms with Crippen LogP contribution in [-0.4, -0.2) is 72.7 Å². The first-order chi connectivity index (χ1) is 23.1. The number of carbonyl (C=O) groups is 3. The molecule has 1 unspecified atom stereocenters. The van der Waals surface area contributed by atoms with E-state index in [9.17, 15) is 14.4 Å². The van der Waals surface area contributed by atoms with E-state index in [4.69, 9.17) is 18.9 Å². The zero-order valence-corrected chi connectivity index (χ0v) is 29.4. The normalized spacial score (nSPS) is 18.7. The number of benzene rings is 2. The van der Waals surface area contributed by atoms with Crippen molar-refractivity contribution in [3.63, 3.8) is 0 Å². The van der Waals surface area contributed by atoms with Crippen molar-refractivity contribution in [2.45, 2.75) is 97.4 Å². The number of hydrogen-bond donors (Lipinski definition) is 2. The predicted octanol–water partition coefficient (Wildman–Crippen LogP) is 7.76. The molecule has 0 bridgehead atoms. The van der Waals surface area contributed by atoms with Crippen LogP contribution in [0.4, 0.5) is 15.3 Å². The molecule has 2 atom stereocenters. The largest absolute Gasteiger partial charge is 0.444 e. The quantitative estimate of drug-likeness (QED) is 0.184. The number of likely N-dealkylation sites (tertiary alicyclic amines) is 1. The Kier molecular flexibility index (Phi) is 8.93. The molecule has 0 spiro atoms. The summed E-state index contributed by atoms with van der Waals surface area (Å²) >= 11 is 0. The number of imidazole rings is 1. The number of unbranched alkanes of at least 4 members (excludes halogenated alkanes) is 1. The molecule has 260 valence electrons. The first-order valence-corrected chi connectivity index (χ1v) is 17.0. The minimum atomic E-state index is -0.846. The fourth-order valence-electron chi connectivity index (χ4n) is 6.30. The first kappa shape index (κ1) is 34.0. The van der Waals surface area contributed by atoms with Gasteiger partial charge in [0.15, 0.2) is 5.76 Å². The minimum absolute atomic E-state index is 0.148. The molecule has 12 nitrogen and oxygen atoms in total. The number of piperidine rings is 1. The van der Waals surface area contributed by atoms with Gasteiger partial charge in [0, 0.05) is 29.9 Å². The molecule has 2 aromatic carbocycles. The lowest BCUT2D eigenvalue weighted by Gasteiger charge is -2.30. The van der Waals surface area contributed by atoms with E-state index in [0.29, 0.717) is 49.2 Å². The molecule has 6 rings (SSSR count). The van der Waals surface area contributed by atoms with Crippen LogP contribution in [0.25, 0.3) is 33.8 Å². The SMILES string of the molecule is CCCCN(Cc1nc2ccc(-c3cnc(-c4ccc(NC(=O)C56C[C@@H]5CCN6C(=O)OC(C)(C)C)cc4)o3)cc2[nH]1)C(=O)OC(C)(C)C. The summed E-state index contributed by atoms with van der Waals surface area (Å²) in [5, 5.41) is 3.00. The summed E-state index contributed by atoms with van der Waals surface area (Å²) in [4.78, 5) is 55.0. The number of aromatic amines is 1. The van der Waals surface area contributed by atoms with Crippen LogP contribution in [0, 0.1) is 5.92 Å². The van der Waals surface area contributed by atoms with E-state index in [1.165, 1.54) is 0 Å². The molecule has 2 N–H and O–H groups in total. The van der Waals surface area contributed by atoms with Crippen molar-refractivity contribution < 1.29 is 28.3 Å². The maximum absolute atomic E-state index is 13.4. The molecule has 1 aliphatic carbocycles. The van der Waals surface area contributed by atoms with Crippen LogP contribution in [-0.2, 0) is 20.8 Å².